The van der Waals surface area contributed by atoms with Crippen molar-refractivity contribution in [2.45, 2.75) is 76.4 Å². The highest BCUT2D eigenvalue weighted by atomic mass is 19.3. The van der Waals surface area contributed by atoms with Gasteiger partial charge in [-0.15, -0.1) is 0 Å². The average Bonchev–Trinajstić information content (AvgIpc) is 2.35. The third kappa shape index (κ3) is 3.61. The Labute approximate surface area is 111 Å². The largest absolute Gasteiger partial charge is 0.358 e. The van der Waals surface area contributed by atoms with Gasteiger partial charge in [0.15, 0.2) is 6.17 Å². The summed E-state index contributed by atoms with van der Waals surface area (Å²) in [4.78, 5) is 0. The molecule has 1 nitrogen and oxygen atoms in total. The highest BCUT2D eigenvalue weighted by Crippen LogP contribution is 2.41. The maximum atomic E-state index is 14.0. The molecule has 0 heterocycles. The van der Waals surface area contributed by atoms with Crippen molar-refractivity contribution in [2.75, 3.05) is 0 Å². The average molecular weight is 282 g/mol. The summed E-state index contributed by atoms with van der Waals surface area (Å²) in [5.74, 6) is -0.387. The van der Waals surface area contributed by atoms with E-state index in [9.17, 15) is 17.6 Å². The first kappa shape index (κ1) is 15.1. The lowest BCUT2D eigenvalue weighted by molar-refractivity contribution is -0.310. The molecule has 19 heavy (non-hydrogen) atoms. The molecular weight excluding hydrogens is 260 g/mol. The summed E-state index contributed by atoms with van der Waals surface area (Å²) in [5, 5.41) is 0. The summed E-state index contributed by atoms with van der Waals surface area (Å²) < 4.78 is 59.5. The zero-order chi connectivity index (χ0) is 14.0. The van der Waals surface area contributed by atoms with E-state index in [0.717, 1.165) is 12.8 Å². The number of alkyl halides is 4. The summed E-state index contributed by atoms with van der Waals surface area (Å²) in [6, 6.07) is 0. The molecule has 5 heteroatoms. The molecule has 2 saturated carbocycles. The van der Waals surface area contributed by atoms with Crippen LogP contribution < -0.4 is 0 Å². The van der Waals surface area contributed by atoms with Gasteiger partial charge in [-0.2, -0.15) is 8.78 Å². The Hall–Kier alpha value is -0.320. The summed E-state index contributed by atoms with van der Waals surface area (Å²) in [6.07, 6.45) is -5.21. The van der Waals surface area contributed by atoms with Crippen molar-refractivity contribution in [3.63, 3.8) is 0 Å². The Bertz CT molecular complexity index is 289. The van der Waals surface area contributed by atoms with Crippen LogP contribution in [-0.4, -0.2) is 24.6 Å². The van der Waals surface area contributed by atoms with E-state index in [1.54, 1.807) is 0 Å². The molecule has 2 fully saturated rings. The lowest BCUT2D eigenvalue weighted by Crippen LogP contribution is -2.45. The number of hydrogen-bond acceptors (Lipinski definition) is 1. The van der Waals surface area contributed by atoms with Gasteiger partial charge in [0.25, 0.3) is 0 Å². The van der Waals surface area contributed by atoms with Crippen molar-refractivity contribution >= 4 is 0 Å². The first-order valence-electron chi connectivity index (χ1n) is 7.24. The topological polar surface area (TPSA) is 9.23 Å². The highest BCUT2D eigenvalue weighted by Gasteiger charge is 2.47. The van der Waals surface area contributed by atoms with Gasteiger partial charge in [-0.3, -0.25) is 0 Å². The van der Waals surface area contributed by atoms with Gasteiger partial charge < -0.3 is 4.74 Å². The quantitative estimate of drug-likeness (QED) is 0.685. The molecule has 0 bridgehead atoms. The van der Waals surface area contributed by atoms with Crippen LogP contribution in [0, 0.1) is 11.8 Å². The summed E-state index contributed by atoms with van der Waals surface area (Å²) >= 11 is 0. The number of halogens is 4. The maximum absolute atomic E-state index is 14.0. The van der Waals surface area contributed by atoms with Gasteiger partial charge in [-0.25, -0.2) is 8.78 Å². The number of ether oxygens (including phenoxy) is 1. The Kier molecular flexibility index (Phi) is 4.75. The molecule has 3 unspecified atom stereocenters. The molecule has 2 aliphatic rings. The number of rotatable bonds is 3. The normalized spacial score (nSPS) is 41.2. The van der Waals surface area contributed by atoms with Crippen molar-refractivity contribution in [3.8, 4) is 0 Å². The van der Waals surface area contributed by atoms with Crippen LogP contribution >= 0.6 is 0 Å². The molecule has 3 atom stereocenters. The Morgan fingerprint density at radius 3 is 2.21 bits per heavy atom. The van der Waals surface area contributed by atoms with E-state index < -0.39 is 30.5 Å². The third-order valence-corrected chi connectivity index (χ3v) is 4.47. The SMILES string of the molecule is CC1CCC(C(F)(F)OC2CCCC(F)C2F)CC1. The second-order valence-corrected chi connectivity index (χ2v) is 6.07. The Morgan fingerprint density at radius 1 is 0.947 bits per heavy atom. The predicted octanol–water partition coefficient (Wildman–Crippen LogP) is 4.65. The van der Waals surface area contributed by atoms with E-state index in [1.165, 1.54) is 0 Å². The second kappa shape index (κ2) is 5.98. The van der Waals surface area contributed by atoms with Gasteiger partial charge in [0.2, 0.25) is 0 Å². The van der Waals surface area contributed by atoms with Gasteiger partial charge in [0.05, 0.1) is 12.0 Å². The minimum absolute atomic E-state index is 0.105. The fraction of sp³-hybridized carbons (Fsp3) is 1.00. The molecule has 0 aromatic rings. The molecule has 0 aliphatic heterocycles. The van der Waals surface area contributed by atoms with E-state index in [4.69, 9.17) is 0 Å². The van der Waals surface area contributed by atoms with Crippen molar-refractivity contribution in [2.24, 2.45) is 11.8 Å². The van der Waals surface area contributed by atoms with Gasteiger partial charge in [0.1, 0.15) is 6.17 Å². The minimum atomic E-state index is -3.33. The summed E-state index contributed by atoms with van der Waals surface area (Å²) in [6.45, 7) is 2.04. The van der Waals surface area contributed by atoms with Gasteiger partial charge in [-0.05, 0) is 38.0 Å². The van der Waals surface area contributed by atoms with Crippen molar-refractivity contribution in [1.29, 1.82) is 0 Å². The molecule has 112 valence electrons. The Morgan fingerprint density at radius 2 is 1.58 bits per heavy atom. The van der Waals surface area contributed by atoms with Crippen molar-refractivity contribution in [1.82, 2.24) is 0 Å². The van der Waals surface area contributed by atoms with Gasteiger partial charge in [0, 0.05) is 0 Å². The maximum Gasteiger partial charge on any atom is 0.358 e. The van der Waals surface area contributed by atoms with E-state index >= 15 is 0 Å². The van der Waals surface area contributed by atoms with E-state index in [2.05, 4.69) is 4.74 Å². The van der Waals surface area contributed by atoms with Crippen LogP contribution in [0.15, 0.2) is 0 Å². The van der Waals surface area contributed by atoms with Crippen molar-refractivity contribution in [3.05, 3.63) is 0 Å². The van der Waals surface area contributed by atoms with Crippen LogP contribution in [0.1, 0.15) is 51.9 Å². The Balaban J connectivity index is 1.92. The molecule has 2 aliphatic carbocycles. The molecule has 0 radical (unpaired) electrons. The monoisotopic (exact) mass is 282 g/mol. The second-order valence-electron chi connectivity index (χ2n) is 6.07. The molecular formula is C14H22F4O. The molecule has 0 spiro atoms. The standard InChI is InChI=1S/C14H22F4O/c1-9-5-7-10(8-6-9)14(17,18)19-12-4-2-3-11(15)13(12)16/h9-13H,2-8H2,1H3. The molecule has 0 aromatic heterocycles. The minimum Gasteiger partial charge on any atom is -0.314 e. The van der Waals surface area contributed by atoms with Crippen molar-refractivity contribution < 1.29 is 22.3 Å². The highest BCUT2D eigenvalue weighted by molar-refractivity contribution is 4.85. The fourth-order valence-corrected chi connectivity index (χ4v) is 3.08. The lowest BCUT2D eigenvalue weighted by atomic mass is 9.82. The predicted molar refractivity (Wildman–Crippen MR) is 64.6 cm³/mol. The van der Waals surface area contributed by atoms with E-state index in [1.807, 2.05) is 6.92 Å². The van der Waals surface area contributed by atoms with Crippen LogP contribution in [0.5, 0.6) is 0 Å². The number of hydrogen-bond donors (Lipinski definition) is 0. The van der Waals surface area contributed by atoms with Crippen LogP contribution in [0.3, 0.4) is 0 Å². The third-order valence-electron chi connectivity index (χ3n) is 4.47. The van der Waals surface area contributed by atoms with Gasteiger partial charge in [-0.1, -0.05) is 19.8 Å². The molecule has 0 N–H and O–H groups in total. The van der Waals surface area contributed by atoms with Crippen LogP contribution in [0.2, 0.25) is 0 Å². The first-order chi connectivity index (χ1) is 8.90. The van der Waals surface area contributed by atoms with E-state index in [-0.39, 0.29) is 12.8 Å². The summed E-state index contributed by atoms with van der Waals surface area (Å²) in [7, 11) is 0. The zero-order valence-electron chi connectivity index (χ0n) is 11.3. The molecule has 0 saturated heterocycles. The van der Waals surface area contributed by atoms with Crippen LogP contribution in [0.25, 0.3) is 0 Å². The zero-order valence-corrected chi connectivity index (χ0v) is 11.3. The smallest absolute Gasteiger partial charge is 0.314 e. The van der Waals surface area contributed by atoms with Gasteiger partial charge >= 0.3 is 6.11 Å². The van der Waals surface area contributed by atoms with E-state index in [0.29, 0.717) is 25.2 Å². The molecule has 2 rings (SSSR count). The van der Waals surface area contributed by atoms with Crippen LogP contribution in [0.4, 0.5) is 17.6 Å². The summed E-state index contributed by atoms with van der Waals surface area (Å²) in [5.41, 5.74) is 0. The van der Waals surface area contributed by atoms with Crippen LogP contribution in [-0.2, 0) is 4.74 Å². The fourth-order valence-electron chi connectivity index (χ4n) is 3.08. The molecule has 0 amide bonds. The lowest BCUT2D eigenvalue weighted by Gasteiger charge is -2.36. The molecule has 0 aromatic carbocycles. The first-order valence-corrected chi connectivity index (χ1v) is 7.24.